The number of ether oxygens (including phenoxy) is 1. The first kappa shape index (κ1) is 11.2. The van der Waals surface area contributed by atoms with E-state index >= 15 is 0 Å². The first-order valence-corrected chi connectivity index (χ1v) is 5.28. The lowest BCUT2D eigenvalue weighted by Crippen LogP contribution is -2.07. The highest BCUT2D eigenvalue weighted by atomic mass is 32.2. The molecule has 0 radical (unpaired) electrons. The molecule has 14 heavy (non-hydrogen) atoms. The van der Waals surface area contributed by atoms with Crippen molar-refractivity contribution in [2.75, 3.05) is 25.6 Å². The number of rotatable bonds is 5. The minimum absolute atomic E-state index is 0.405. The zero-order chi connectivity index (χ0) is 10.4. The van der Waals surface area contributed by atoms with Gasteiger partial charge in [0.15, 0.2) is 11.1 Å². The number of benzene rings is 1. The molecule has 0 amide bonds. The van der Waals surface area contributed by atoms with E-state index in [-0.39, 0.29) is 0 Å². The molecule has 0 heterocycles. The molecule has 0 aliphatic rings. The molecule has 1 atom stereocenters. The van der Waals surface area contributed by atoms with E-state index in [0.717, 1.165) is 12.2 Å². The van der Waals surface area contributed by atoms with Gasteiger partial charge in [-0.2, -0.15) is 0 Å². The molecule has 78 valence electrons. The maximum Gasteiger partial charge on any atom is 0.186 e. The summed E-state index contributed by atoms with van der Waals surface area (Å²) in [7, 11) is 1.64. The van der Waals surface area contributed by atoms with Gasteiger partial charge in [-0.1, -0.05) is 0 Å². The van der Waals surface area contributed by atoms with Crippen LogP contribution in [0.15, 0.2) is 29.2 Å². The average molecular weight is 215 g/mol. The summed E-state index contributed by atoms with van der Waals surface area (Å²) in [5, 5.41) is 3.11. The molecule has 1 rings (SSSR count). The topological polar surface area (TPSA) is 58.6 Å². The van der Waals surface area contributed by atoms with Crippen molar-refractivity contribution in [2.24, 2.45) is 0 Å². The van der Waals surface area contributed by atoms with Gasteiger partial charge in [0.25, 0.3) is 0 Å². The quantitative estimate of drug-likeness (QED) is 0.574. The summed E-state index contributed by atoms with van der Waals surface area (Å²) >= 11 is -1.90. The molecule has 2 N–H and O–H groups in total. The van der Waals surface area contributed by atoms with Gasteiger partial charge in [-0.25, -0.2) is 4.21 Å². The zero-order valence-electron chi connectivity index (χ0n) is 7.90. The molecule has 4 nitrogen and oxygen atoms in total. The van der Waals surface area contributed by atoms with E-state index in [0.29, 0.717) is 11.5 Å². The van der Waals surface area contributed by atoms with Gasteiger partial charge in [-0.15, -0.1) is 0 Å². The van der Waals surface area contributed by atoms with Crippen molar-refractivity contribution < 1.29 is 13.5 Å². The normalized spacial score (nSPS) is 12.4. The molecule has 0 spiro atoms. The summed E-state index contributed by atoms with van der Waals surface area (Å²) in [6.45, 7) is 1.35. The van der Waals surface area contributed by atoms with E-state index < -0.39 is 11.1 Å². The van der Waals surface area contributed by atoms with Crippen LogP contribution in [-0.4, -0.2) is 29.0 Å². The number of hydrogen-bond donors (Lipinski definition) is 2. The van der Waals surface area contributed by atoms with Crippen LogP contribution < -0.4 is 5.32 Å². The predicted octanol–water partition coefficient (Wildman–Crippen LogP) is 1.33. The van der Waals surface area contributed by atoms with Gasteiger partial charge in [0, 0.05) is 19.3 Å². The predicted molar refractivity (Wildman–Crippen MR) is 55.8 cm³/mol. The van der Waals surface area contributed by atoms with Crippen molar-refractivity contribution in [3.63, 3.8) is 0 Å². The van der Waals surface area contributed by atoms with Gasteiger partial charge >= 0.3 is 0 Å². The Morgan fingerprint density at radius 3 is 2.57 bits per heavy atom. The van der Waals surface area contributed by atoms with Crippen molar-refractivity contribution in [1.82, 2.24) is 0 Å². The lowest BCUT2D eigenvalue weighted by Gasteiger charge is -2.05. The van der Waals surface area contributed by atoms with Crippen LogP contribution in [0.3, 0.4) is 0 Å². The Kier molecular flexibility index (Phi) is 4.58. The van der Waals surface area contributed by atoms with Crippen molar-refractivity contribution in [1.29, 1.82) is 0 Å². The number of anilines is 1. The van der Waals surface area contributed by atoms with Gasteiger partial charge in [0.05, 0.1) is 11.5 Å². The molecule has 0 saturated carbocycles. The third-order valence-electron chi connectivity index (χ3n) is 1.69. The third-order valence-corrected chi connectivity index (χ3v) is 2.37. The van der Waals surface area contributed by atoms with Crippen LogP contribution in [0.2, 0.25) is 0 Å². The standard InChI is InChI=1S/C9H13NO3S/c1-13-7-6-10-8-2-4-9(5-3-8)14(11)12/h2-5,10H,6-7H2,1H3,(H,11,12). The number of methoxy groups -OCH3 is 1. The Balaban J connectivity index is 2.51. The molecule has 0 aromatic heterocycles. The third kappa shape index (κ3) is 3.45. The molecule has 0 bridgehead atoms. The van der Waals surface area contributed by atoms with E-state index in [1.54, 1.807) is 31.4 Å². The molecule has 1 aromatic carbocycles. The summed E-state index contributed by atoms with van der Waals surface area (Å²) in [6.07, 6.45) is 0. The Bertz CT molecular complexity index is 299. The fourth-order valence-corrected chi connectivity index (χ4v) is 1.36. The minimum atomic E-state index is -1.90. The van der Waals surface area contributed by atoms with Crippen LogP contribution in [0.1, 0.15) is 0 Å². The smallest absolute Gasteiger partial charge is 0.186 e. The second-order valence-electron chi connectivity index (χ2n) is 2.69. The maximum atomic E-state index is 10.6. The van der Waals surface area contributed by atoms with Crippen molar-refractivity contribution in [3.05, 3.63) is 24.3 Å². The summed E-state index contributed by atoms with van der Waals surface area (Å²) in [5.74, 6) is 0. The van der Waals surface area contributed by atoms with Gasteiger partial charge in [-0.05, 0) is 24.3 Å². The number of nitrogens with one attached hydrogen (secondary N) is 1. The van der Waals surface area contributed by atoms with Crippen LogP contribution in [0.25, 0.3) is 0 Å². The average Bonchev–Trinajstić information content (AvgIpc) is 2.19. The molecule has 1 aromatic rings. The molecule has 0 fully saturated rings. The summed E-state index contributed by atoms with van der Waals surface area (Å²) < 4.78 is 24.3. The van der Waals surface area contributed by atoms with Crippen LogP contribution in [0, 0.1) is 0 Å². The van der Waals surface area contributed by atoms with Gasteiger partial charge in [0.1, 0.15) is 0 Å². The highest BCUT2D eigenvalue weighted by molar-refractivity contribution is 7.79. The number of hydrogen-bond acceptors (Lipinski definition) is 3. The first-order chi connectivity index (χ1) is 6.74. The monoisotopic (exact) mass is 215 g/mol. The lowest BCUT2D eigenvalue weighted by molar-refractivity contribution is 0.211. The van der Waals surface area contributed by atoms with E-state index in [4.69, 9.17) is 9.29 Å². The van der Waals surface area contributed by atoms with E-state index in [9.17, 15) is 4.21 Å². The largest absolute Gasteiger partial charge is 0.383 e. The molecular weight excluding hydrogens is 202 g/mol. The summed E-state index contributed by atoms with van der Waals surface area (Å²) in [5.41, 5.74) is 0.913. The zero-order valence-corrected chi connectivity index (χ0v) is 8.71. The maximum absolute atomic E-state index is 10.6. The van der Waals surface area contributed by atoms with Crippen LogP contribution in [0.4, 0.5) is 5.69 Å². The highest BCUT2D eigenvalue weighted by Crippen LogP contribution is 2.11. The molecule has 5 heteroatoms. The summed E-state index contributed by atoms with van der Waals surface area (Å²) in [6, 6.07) is 6.76. The van der Waals surface area contributed by atoms with Crippen LogP contribution in [0.5, 0.6) is 0 Å². The van der Waals surface area contributed by atoms with Gasteiger partial charge in [-0.3, -0.25) is 0 Å². The SMILES string of the molecule is COCCNc1ccc(S(=O)O)cc1. The van der Waals surface area contributed by atoms with E-state index in [2.05, 4.69) is 5.32 Å². The minimum Gasteiger partial charge on any atom is -0.383 e. The molecule has 1 unspecified atom stereocenters. The second kappa shape index (κ2) is 5.74. The van der Waals surface area contributed by atoms with E-state index in [1.165, 1.54) is 0 Å². The van der Waals surface area contributed by atoms with Crippen molar-refractivity contribution in [3.8, 4) is 0 Å². The van der Waals surface area contributed by atoms with Gasteiger partial charge in [0.2, 0.25) is 0 Å². The van der Waals surface area contributed by atoms with Crippen LogP contribution >= 0.6 is 0 Å². The van der Waals surface area contributed by atoms with Crippen molar-refractivity contribution >= 4 is 16.8 Å². The Labute approximate surface area is 85.6 Å². The highest BCUT2D eigenvalue weighted by Gasteiger charge is 1.98. The Morgan fingerprint density at radius 1 is 1.43 bits per heavy atom. The van der Waals surface area contributed by atoms with Crippen LogP contribution in [-0.2, 0) is 15.8 Å². The lowest BCUT2D eigenvalue weighted by atomic mass is 10.3. The summed E-state index contributed by atoms with van der Waals surface area (Å²) in [4.78, 5) is 0.405. The molecule has 0 saturated heterocycles. The van der Waals surface area contributed by atoms with E-state index in [1.807, 2.05) is 0 Å². The fourth-order valence-electron chi connectivity index (χ4n) is 0.987. The Morgan fingerprint density at radius 2 is 2.07 bits per heavy atom. The first-order valence-electron chi connectivity index (χ1n) is 4.18. The Hall–Kier alpha value is -0.910. The van der Waals surface area contributed by atoms with Crippen molar-refractivity contribution in [2.45, 2.75) is 4.90 Å². The molecule has 0 aliphatic heterocycles. The van der Waals surface area contributed by atoms with Gasteiger partial charge < -0.3 is 14.6 Å². The fraction of sp³-hybridized carbons (Fsp3) is 0.333. The molecule has 0 aliphatic carbocycles. The molecular formula is C9H13NO3S. The second-order valence-corrected chi connectivity index (χ2v) is 3.66.